The molecule has 0 bridgehead atoms. The molecule has 1 heteroatoms. The van der Waals surface area contributed by atoms with Crippen LogP contribution in [0.2, 0.25) is 0 Å². The second kappa shape index (κ2) is 2.57. The van der Waals surface area contributed by atoms with Crippen molar-refractivity contribution in [3.63, 3.8) is 0 Å². The van der Waals surface area contributed by atoms with Gasteiger partial charge in [-0.05, 0) is 42.5 Å². The molecule has 11 heavy (non-hydrogen) atoms. The lowest BCUT2D eigenvalue weighted by atomic mass is 10.1. The van der Waals surface area contributed by atoms with Gasteiger partial charge in [-0.1, -0.05) is 6.07 Å². The van der Waals surface area contributed by atoms with E-state index in [-0.39, 0.29) is 0 Å². The fourth-order valence-electron chi connectivity index (χ4n) is 1.22. The minimum absolute atomic E-state index is 0.769. The third-order valence-corrected chi connectivity index (χ3v) is 2.05. The zero-order chi connectivity index (χ0) is 7.68. The third kappa shape index (κ3) is 1.37. The van der Waals surface area contributed by atoms with Crippen LogP contribution in [-0.4, -0.2) is 7.11 Å². The zero-order valence-electron chi connectivity index (χ0n) is 6.63. The average Bonchev–Trinajstić information content (AvgIpc) is 2.87. The first-order valence-electron chi connectivity index (χ1n) is 3.96. The zero-order valence-corrected chi connectivity index (χ0v) is 6.63. The molecule has 0 N–H and O–H groups in total. The van der Waals surface area contributed by atoms with Gasteiger partial charge in [0.2, 0.25) is 0 Å². The maximum Gasteiger partial charge on any atom is 0.119 e. The highest BCUT2D eigenvalue weighted by atomic mass is 16.5. The van der Waals surface area contributed by atoms with Crippen LogP contribution in [0.15, 0.2) is 18.2 Å². The quantitative estimate of drug-likeness (QED) is 0.624. The largest absolute Gasteiger partial charge is 0.497 e. The molecule has 1 aliphatic rings. The van der Waals surface area contributed by atoms with Crippen LogP contribution >= 0.6 is 0 Å². The molecule has 0 atom stereocenters. The highest BCUT2D eigenvalue weighted by Crippen LogP contribution is 2.40. The van der Waals surface area contributed by atoms with Crippen LogP contribution in [0.3, 0.4) is 0 Å². The van der Waals surface area contributed by atoms with E-state index < -0.39 is 0 Å². The van der Waals surface area contributed by atoms with E-state index >= 15 is 0 Å². The van der Waals surface area contributed by atoms with E-state index in [2.05, 4.69) is 12.1 Å². The molecule has 1 aromatic carbocycles. The maximum absolute atomic E-state index is 5.11. The molecule has 0 amide bonds. The molecule has 0 aliphatic heterocycles. The summed E-state index contributed by atoms with van der Waals surface area (Å²) in [5.41, 5.74) is 1.31. The fourth-order valence-corrected chi connectivity index (χ4v) is 1.22. The van der Waals surface area contributed by atoms with Crippen LogP contribution < -0.4 is 4.74 Å². The molecular formula is C10H11O. The van der Waals surface area contributed by atoms with Gasteiger partial charge in [-0.25, -0.2) is 0 Å². The second-order valence-corrected chi connectivity index (χ2v) is 2.96. The lowest BCUT2D eigenvalue weighted by Crippen LogP contribution is -1.84. The van der Waals surface area contributed by atoms with E-state index in [1.807, 2.05) is 12.1 Å². The van der Waals surface area contributed by atoms with Crippen molar-refractivity contribution < 1.29 is 4.74 Å². The van der Waals surface area contributed by atoms with Crippen molar-refractivity contribution in [1.82, 2.24) is 0 Å². The Morgan fingerprint density at radius 2 is 2.36 bits per heavy atom. The second-order valence-electron chi connectivity index (χ2n) is 2.96. The van der Waals surface area contributed by atoms with Gasteiger partial charge in [0.15, 0.2) is 0 Å². The van der Waals surface area contributed by atoms with Crippen LogP contribution in [0.25, 0.3) is 0 Å². The standard InChI is InChI=1S/C10H11O/c1-11-10-4-2-3-9(7-10)8-5-6-8/h2,4,7-8H,5-6H2,1H3. The summed E-state index contributed by atoms with van der Waals surface area (Å²) in [6.07, 6.45) is 2.65. The number of methoxy groups -OCH3 is 1. The Morgan fingerprint density at radius 1 is 1.55 bits per heavy atom. The smallest absolute Gasteiger partial charge is 0.119 e. The summed E-state index contributed by atoms with van der Waals surface area (Å²) in [4.78, 5) is 0. The molecule has 0 saturated heterocycles. The van der Waals surface area contributed by atoms with Crippen LogP contribution in [0.5, 0.6) is 5.75 Å². The van der Waals surface area contributed by atoms with Gasteiger partial charge in [-0.15, -0.1) is 0 Å². The summed E-state index contributed by atoms with van der Waals surface area (Å²) >= 11 is 0. The van der Waals surface area contributed by atoms with Crippen molar-refractivity contribution in [3.05, 3.63) is 29.8 Å². The molecular weight excluding hydrogens is 136 g/mol. The van der Waals surface area contributed by atoms with Crippen LogP contribution in [0, 0.1) is 6.07 Å². The molecule has 1 aliphatic carbocycles. The summed E-state index contributed by atoms with van der Waals surface area (Å²) in [7, 11) is 1.70. The normalized spacial score (nSPS) is 16.5. The molecule has 0 heterocycles. The number of benzene rings is 1. The molecule has 1 fully saturated rings. The summed E-state index contributed by atoms with van der Waals surface area (Å²) in [5.74, 6) is 1.72. The van der Waals surface area contributed by atoms with Gasteiger partial charge < -0.3 is 4.74 Å². The van der Waals surface area contributed by atoms with Crippen molar-refractivity contribution in [3.8, 4) is 5.75 Å². The highest BCUT2D eigenvalue weighted by Gasteiger charge is 2.23. The van der Waals surface area contributed by atoms with Gasteiger partial charge in [0.1, 0.15) is 5.75 Å². The Hall–Kier alpha value is -0.980. The van der Waals surface area contributed by atoms with Gasteiger partial charge in [0.05, 0.1) is 7.11 Å². The van der Waals surface area contributed by atoms with E-state index in [1.54, 1.807) is 7.11 Å². The topological polar surface area (TPSA) is 9.23 Å². The van der Waals surface area contributed by atoms with Gasteiger partial charge in [0.25, 0.3) is 0 Å². The highest BCUT2D eigenvalue weighted by molar-refractivity contribution is 5.31. The molecule has 0 spiro atoms. The van der Waals surface area contributed by atoms with Gasteiger partial charge >= 0.3 is 0 Å². The lowest BCUT2D eigenvalue weighted by molar-refractivity contribution is 0.414. The Morgan fingerprint density at radius 3 is 3.00 bits per heavy atom. The van der Waals surface area contributed by atoms with Gasteiger partial charge in [-0.3, -0.25) is 0 Å². The van der Waals surface area contributed by atoms with Crippen LogP contribution in [0.4, 0.5) is 0 Å². The van der Waals surface area contributed by atoms with Crippen molar-refractivity contribution in [2.45, 2.75) is 18.8 Å². The molecule has 0 unspecified atom stereocenters. The third-order valence-electron chi connectivity index (χ3n) is 2.05. The molecule has 1 nitrogen and oxygen atoms in total. The minimum atomic E-state index is 0.769. The minimum Gasteiger partial charge on any atom is -0.497 e. The van der Waals surface area contributed by atoms with E-state index in [0.29, 0.717) is 0 Å². The van der Waals surface area contributed by atoms with Crippen molar-refractivity contribution in [2.24, 2.45) is 0 Å². The van der Waals surface area contributed by atoms with E-state index in [9.17, 15) is 0 Å². The van der Waals surface area contributed by atoms with E-state index in [4.69, 9.17) is 4.74 Å². The fraction of sp³-hybridized carbons (Fsp3) is 0.400. The molecule has 0 aromatic heterocycles. The first kappa shape index (κ1) is 6.71. The number of ether oxygens (including phenoxy) is 1. The summed E-state index contributed by atoms with van der Waals surface area (Å²) in [5, 5.41) is 0. The molecule has 1 radical (unpaired) electrons. The molecule has 1 aromatic rings. The lowest BCUT2D eigenvalue weighted by Gasteiger charge is -2.00. The first-order valence-corrected chi connectivity index (χ1v) is 3.96. The van der Waals surface area contributed by atoms with Crippen LogP contribution in [0.1, 0.15) is 24.3 Å². The first-order chi connectivity index (χ1) is 5.40. The Balaban J connectivity index is 2.26. The average molecular weight is 147 g/mol. The Labute approximate surface area is 67.0 Å². The van der Waals surface area contributed by atoms with E-state index in [0.717, 1.165) is 11.7 Å². The van der Waals surface area contributed by atoms with Gasteiger partial charge in [0, 0.05) is 0 Å². The molecule has 2 rings (SSSR count). The van der Waals surface area contributed by atoms with Crippen molar-refractivity contribution in [1.29, 1.82) is 0 Å². The number of hydrogen-bond donors (Lipinski definition) is 0. The predicted molar refractivity (Wildman–Crippen MR) is 43.8 cm³/mol. The van der Waals surface area contributed by atoms with Crippen molar-refractivity contribution >= 4 is 0 Å². The SMILES string of the molecule is COc1cc[c]c(C2CC2)c1. The maximum atomic E-state index is 5.11. The van der Waals surface area contributed by atoms with Crippen LogP contribution in [-0.2, 0) is 0 Å². The number of rotatable bonds is 2. The summed E-state index contributed by atoms with van der Waals surface area (Å²) in [6.45, 7) is 0. The monoisotopic (exact) mass is 147 g/mol. The Bertz CT molecular complexity index is 251. The van der Waals surface area contributed by atoms with E-state index in [1.165, 1.54) is 18.4 Å². The number of hydrogen-bond acceptors (Lipinski definition) is 1. The summed E-state index contributed by atoms with van der Waals surface area (Å²) < 4.78 is 5.11. The predicted octanol–water partition coefficient (Wildman–Crippen LogP) is 2.37. The molecule has 57 valence electrons. The Kier molecular flexibility index (Phi) is 1.57. The van der Waals surface area contributed by atoms with Gasteiger partial charge in [-0.2, -0.15) is 0 Å². The molecule has 1 saturated carbocycles. The summed E-state index contributed by atoms with van der Waals surface area (Å²) in [6, 6.07) is 9.18. The van der Waals surface area contributed by atoms with Crippen molar-refractivity contribution in [2.75, 3.05) is 7.11 Å².